The van der Waals surface area contributed by atoms with E-state index in [1.807, 2.05) is 32.5 Å². The van der Waals surface area contributed by atoms with Crippen molar-refractivity contribution < 1.29 is 24.0 Å². The number of nitrogens with one attached hydrogen (secondary N) is 2. The minimum atomic E-state index is -0.206. The van der Waals surface area contributed by atoms with Crippen molar-refractivity contribution in [1.82, 2.24) is 15.5 Å². The number of thioether (sulfide) groups is 1. The Morgan fingerprint density at radius 1 is 0.976 bits per heavy atom. The predicted octanol–water partition coefficient (Wildman–Crippen LogP) is 3.46. The van der Waals surface area contributed by atoms with Crippen LogP contribution in [0.4, 0.5) is 0 Å². The van der Waals surface area contributed by atoms with E-state index in [-0.39, 0.29) is 23.6 Å². The van der Waals surface area contributed by atoms with Crippen LogP contribution in [0.3, 0.4) is 0 Å². The molecule has 0 bridgehead atoms. The fraction of sp³-hybridized carbons (Fsp3) is 0.774. The molecule has 42 heavy (non-hydrogen) atoms. The molecule has 0 aromatic rings. The Bertz CT molecular complexity index is 723. The Labute approximate surface area is 259 Å². The van der Waals surface area contributed by atoms with Gasteiger partial charge in [0.1, 0.15) is 12.6 Å². The lowest BCUT2D eigenvalue weighted by molar-refractivity contribution is -0.138. The summed E-state index contributed by atoms with van der Waals surface area (Å²) in [5.41, 5.74) is 9.88. The van der Waals surface area contributed by atoms with Crippen LogP contribution in [0.5, 0.6) is 0 Å². The van der Waals surface area contributed by atoms with Crippen molar-refractivity contribution in [3.8, 4) is 0 Å². The van der Waals surface area contributed by atoms with Crippen LogP contribution in [0.1, 0.15) is 93.9 Å². The highest BCUT2D eigenvalue weighted by atomic mass is 32.2. The third-order valence-electron chi connectivity index (χ3n) is 6.04. The van der Waals surface area contributed by atoms with E-state index in [1.165, 1.54) is 30.4 Å². The molecule has 0 spiro atoms. The van der Waals surface area contributed by atoms with E-state index in [2.05, 4.69) is 38.3 Å². The molecule has 0 aromatic carbocycles. The van der Waals surface area contributed by atoms with Gasteiger partial charge in [-0.05, 0) is 58.0 Å². The first kappa shape index (κ1) is 44.4. The highest BCUT2D eigenvalue weighted by Crippen LogP contribution is 2.29. The quantitative estimate of drug-likeness (QED) is 0.274. The number of hydrogen-bond donors (Lipinski definition) is 4. The fourth-order valence-corrected chi connectivity index (χ4v) is 5.33. The second-order valence-corrected chi connectivity index (χ2v) is 11.2. The summed E-state index contributed by atoms with van der Waals surface area (Å²) in [6, 6.07) is 0.869. The van der Waals surface area contributed by atoms with Crippen LogP contribution in [0, 0.1) is 11.8 Å². The zero-order chi connectivity index (χ0) is 32.9. The molecule has 3 heterocycles. The maximum atomic E-state index is 11.3. The molecule has 4 rings (SSSR count). The first-order chi connectivity index (χ1) is 20.1. The van der Waals surface area contributed by atoms with Gasteiger partial charge in [0.25, 0.3) is 11.8 Å². The summed E-state index contributed by atoms with van der Waals surface area (Å²) in [7, 11) is 0. The van der Waals surface area contributed by atoms with E-state index >= 15 is 0 Å². The summed E-state index contributed by atoms with van der Waals surface area (Å²) in [6.45, 7) is 18.4. The summed E-state index contributed by atoms with van der Waals surface area (Å²) < 4.78 is 0. The second-order valence-electron chi connectivity index (χ2n) is 9.80. The Balaban J connectivity index is -0.000000507. The molecule has 0 radical (unpaired) electrons. The number of aldehydes is 2. The molecule has 1 aliphatic carbocycles. The highest BCUT2D eigenvalue weighted by molar-refractivity contribution is 8.00. The molecule has 3 fully saturated rings. The molecule has 10 nitrogen and oxygen atoms in total. The number of carbonyl (C=O) groups excluding carboxylic acids is 5. The standard InChI is InChI=1S/C12H15NO3.C7H12N2OS.C3H9N.C3H8.C2H7N.C2H4O.C2H6/c14-8-10-3-1-9(2-4-10)7-13-11(15)5-6-12(13)16;1-4-7-5(3-11-4)8-2-6(10)9-7;1-2-3-4;1-3-2;2*1-2-3;1-2/h5-6,8-10H,1-4,7H2;4-5,7-8H,2-3H2,1H3,(H,9,10);2-4H2,1H3;3H2,1-2H3;2-3H2,1H3;2H,1H3;1-2H3/t;4?,5-,7+;;;;;/m.0...../s1. The monoisotopic (exact) mass is 615 g/mol. The van der Waals surface area contributed by atoms with Crippen LogP contribution < -0.4 is 22.1 Å². The third kappa shape index (κ3) is 20.7. The number of fused-ring (bicyclic) bond motifs is 1. The number of carbonyl (C=O) groups is 5. The lowest BCUT2D eigenvalue weighted by Gasteiger charge is -2.28. The molecule has 246 valence electrons. The van der Waals surface area contributed by atoms with Crippen LogP contribution in [0.25, 0.3) is 0 Å². The van der Waals surface area contributed by atoms with Crippen molar-refractivity contribution in [3.05, 3.63) is 12.2 Å². The number of nitrogens with zero attached hydrogens (tertiary/aromatic N) is 1. The van der Waals surface area contributed by atoms with Gasteiger partial charge >= 0.3 is 0 Å². The Morgan fingerprint density at radius 2 is 1.43 bits per heavy atom. The summed E-state index contributed by atoms with van der Waals surface area (Å²) in [6.07, 6.45) is 10.4. The van der Waals surface area contributed by atoms with Gasteiger partial charge in [0.2, 0.25) is 5.91 Å². The van der Waals surface area contributed by atoms with Crippen molar-refractivity contribution in [2.45, 2.75) is 111 Å². The molecule has 0 aromatic heterocycles. The number of piperazine rings is 1. The molecular formula is C31H61N5O5S. The average Bonchev–Trinajstić information content (AvgIpc) is 3.52. The molecule has 11 heteroatoms. The Kier molecular flexibility index (Phi) is 32.1. The van der Waals surface area contributed by atoms with E-state index < -0.39 is 0 Å². The van der Waals surface area contributed by atoms with E-state index in [0.717, 1.165) is 63.5 Å². The Morgan fingerprint density at radius 3 is 1.83 bits per heavy atom. The van der Waals surface area contributed by atoms with Crippen molar-refractivity contribution in [3.63, 3.8) is 0 Å². The third-order valence-corrected chi connectivity index (χ3v) is 7.41. The average molecular weight is 616 g/mol. The van der Waals surface area contributed by atoms with Crippen LogP contribution in [-0.2, 0) is 24.0 Å². The van der Waals surface area contributed by atoms with Crippen molar-refractivity contribution >= 4 is 42.1 Å². The van der Waals surface area contributed by atoms with Gasteiger partial charge < -0.3 is 31.7 Å². The van der Waals surface area contributed by atoms with Gasteiger partial charge in [-0.25, -0.2) is 0 Å². The lowest BCUT2D eigenvalue weighted by Crippen LogP contribution is -2.59. The number of hydrogen-bond acceptors (Lipinski definition) is 9. The van der Waals surface area contributed by atoms with Gasteiger partial charge in [0.15, 0.2) is 0 Å². The minimum absolute atomic E-state index is 0.139. The van der Waals surface area contributed by atoms with Crippen LogP contribution in [-0.4, -0.2) is 84.5 Å². The van der Waals surface area contributed by atoms with Crippen molar-refractivity contribution in [2.24, 2.45) is 23.3 Å². The number of amides is 3. The molecule has 3 amide bonds. The highest BCUT2D eigenvalue weighted by Gasteiger charge is 2.37. The number of imide groups is 1. The SMILES string of the molecule is CC.CC1SC[C@@H]2NCC(=O)N[C@H]12.CC=O.CCC.CCCN.CCN.O=CC1CCC(CN2C(=O)C=CC2=O)CC1. The zero-order valence-electron chi connectivity index (χ0n) is 27.5. The van der Waals surface area contributed by atoms with E-state index in [9.17, 15) is 19.2 Å². The molecule has 3 aliphatic heterocycles. The molecule has 4 aliphatic rings. The van der Waals surface area contributed by atoms with Crippen LogP contribution >= 0.6 is 11.8 Å². The second kappa shape index (κ2) is 30.4. The maximum Gasteiger partial charge on any atom is 0.253 e. The fourth-order valence-electron chi connectivity index (χ4n) is 4.03. The first-order valence-corrected chi connectivity index (χ1v) is 16.6. The molecule has 1 unspecified atom stereocenters. The maximum absolute atomic E-state index is 11.3. The smallest absolute Gasteiger partial charge is 0.253 e. The van der Waals surface area contributed by atoms with Crippen LogP contribution in [0.2, 0.25) is 0 Å². The Hall–Kier alpha value is -2.08. The van der Waals surface area contributed by atoms with Gasteiger partial charge in [0, 0.05) is 41.7 Å². The van der Waals surface area contributed by atoms with Gasteiger partial charge in [-0.1, -0.05) is 54.9 Å². The van der Waals surface area contributed by atoms with Gasteiger partial charge in [-0.2, -0.15) is 11.8 Å². The summed E-state index contributed by atoms with van der Waals surface area (Å²) >= 11 is 1.93. The summed E-state index contributed by atoms with van der Waals surface area (Å²) in [5, 5.41) is 6.80. The normalized spacial score (nSPS) is 24.8. The largest absolute Gasteiger partial charge is 0.350 e. The predicted molar refractivity (Wildman–Crippen MR) is 176 cm³/mol. The minimum Gasteiger partial charge on any atom is -0.350 e. The van der Waals surface area contributed by atoms with Gasteiger partial charge in [0.05, 0.1) is 12.6 Å². The van der Waals surface area contributed by atoms with Gasteiger partial charge in [-0.15, -0.1) is 0 Å². The lowest BCUT2D eigenvalue weighted by atomic mass is 9.82. The van der Waals surface area contributed by atoms with Crippen LogP contribution in [0.15, 0.2) is 12.2 Å². The van der Waals surface area contributed by atoms with Crippen molar-refractivity contribution in [2.75, 3.05) is 31.9 Å². The molecule has 1 saturated carbocycles. The molecule has 2 saturated heterocycles. The zero-order valence-corrected chi connectivity index (χ0v) is 28.3. The first-order valence-electron chi connectivity index (χ1n) is 15.6. The number of rotatable bonds is 4. The molecular weight excluding hydrogens is 554 g/mol. The van der Waals surface area contributed by atoms with Crippen molar-refractivity contribution in [1.29, 1.82) is 0 Å². The summed E-state index contributed by atoms with van der Waals surface area (Å²) in [4.78, 5) is 54.3. The number of nitrogens with two attached hydrogens (primary N) is 2. The van der Waals surface area contributed by atoms with E-state index in [0.29, 0.717) is 36.3 Å². The van der Waals surface area contributed by atoms with Gasteiger partial charge in [-0.3, -0.25) is 19.3 Å². The molecule has 6 N–H and O–H groups in total. The van der Waals surface area contributed by atoms with E-state index in [1.54, 1.807) is 0 Å². The van der Waals surface area contributed by atoms with E-state index in [4.69, 9.17) is 16.3 Å². The summed E-state index contributed by atoms with van der Waals surface area (Å²) in [5.74, 6) is 1.40. The molecule has 3 atom stereocenters. The topological polar surface area (TPSA) is 165 Å².